The van der Waals surface area contributed by atoms with Crippen molar-refractivity contribution in [1.82, 2.24) is 20.2 Å². The molecule has 0 spiro atoms. The fraction of sp³-hybridized carbons (Fsp3) is 0.375. The number of aromatic nitrogens is 2. The molecule has 0 aliphatic rings. The molecule has 1 heterocycles. The van der Waals surface area contributed by atoms with Gasteiger partial charge in [0.15, 0.2) is 12.6 Å². The van der Waals surface area contributed by atoms with Crippen LogP contribution in [0.25, 0.3) is 0 Å². The quantitative estimate of drug-likeness (QED) is 0.433. The van der Waals surface area contributed by atoms with E-state index in [1.54, 1.807) is 12.1 Å². The van der Waals surface area contributed by atoms with Gasteiger partial charge in [-0.15, -0.1) is 0 Å². The van der Waals surface area contributed by atoms with Crippen molar-refractivity contribution < 1.29 is 26.7 Å². The lowest BCUT2D eigenvalue weighted by atomic mass is 10.2. The van der Waals surface area contributed by atoms with Crippen LogP contribution in [-0.2, 0) is 13.1 Å². The van der Waals surface area contributed by atoms with E-state index in [9.17, 15) is 22.0 Å². The van der Waals surface area contributed by atoms with E-state index in [1.165, 1.54) is 31.6 Å². The van der Waals surface area contributed by atoms with Crippen LogP contribution in [0.1, 0.15) is 17.9 Å². The van der Waals surface area contributed by atoms with Crippen LogP contribution in [0.15, 0.2) is 41.7 Å². The molecule has 0 aliphatic carbocycles. The molecule has 2 rings (SSSR count). The maximum atomic E-state index is 12.8. The molecule has 11 heteroatoms. The highest BCUT2D eigenvalue weighted by Crippen LogP contribution is 2.18. The van der Waals surface area contributed by atoms with E-state index in [0.717, 1.165) is 10.1 Å². The maximum Gasteiger partial charge on any atom is 0.422 e. The van der Waals surface area contributed by atoms with Crippen molar-refractivity contribution in [1.29, 1.82) is 0 Å². The third-order valence-electron chi connectivity index (χ3n) is 3.38. The van der Waals surface area contributed by atoms with Gasteiger partial charge in [0, 0.05) is 26.0 Å². The van der Waals surface area contributed by atoms with Crippen LogP contribution in [0.5, 0.6) is 5.75 Å². The third-order valence-corrected chi connectivity index (χ3v) is 3.38. The summed E-state index contributed by atoms with van der Waals surface area (Å²) in [6.07, 6.45) is -1.93. The Kier molecular flexibility index (Phi) is 6.97. The van der Waals surface area contributed by atoms with E-state index < -0.39 is 19.3 Å². The molecule has 1 aromatic carbocycles. The normalized spacial score (nSPS) is 12.3. The number of benzene rings is 1. The Bertz CT molecular complexity index is 742. The zero-order valence-corrected chi connectivity index (χ0v) is 14.3. The predicted octanol–water partition coefficient (Wildman–Crippen LogP) is 3.08. The Morgan fingerprint density at radius 3 is 2.44 bits per heavy atom. The van der Waals surface area contributed by atoms with Crippen LogP contribution in [0, 0.1) is 0 Å². The maximum absolute atomic E-state index is 12.8. The Labute approximate surface area is 152 Å². The van der Waals surface area contributed by atoms with E-state index in [-0.39, 0.29) is 18.1 Å². The summed E-state index contributed by atoms with van der Waals surface area (Å²) in [6, 6.07) is 6.07. The average molecular weight is 391 g/mol. The molecule has 0 unspecified atom stereocenters. The largest absolute Gasteiger partial charge is 0.484 e. The van der Waals surface area contributed by atoms with Gasteiger partial charge in [-0.1, -0.05) is 12.1 Å². The second-order valence-corrected chi connectivity index (χ2v) is 5.36. The van der Waals surface area contributed by atoms with E-state index >= 15 is 0 Å². The number of hydrogen-bond donors (Lipinski definition) is 2. The molecule has 0 saturated carbocycles. The second-order valence-electron chi connectivity index (χ2n) is 5.36. The summed E-state index contributed by atoms with van der Waals surface area (Å²) in [5, 5.41) is 5.82. The van der Waals surface area contributed by atoms with Crippen molar-refractivity contribution in [3.8, 4) is 5.75 Å². The van der Waals surface area contributed by atoms with Crippen LogP contribution < -0.4 is 15.4 Å². The molecule has 0 saturated heterocycles. The molecule has 0 radical (unpaired) electrons. The lowest BCUT2D eigenvalue weighted by Crippen LogP contribution is -2.37. The van der Waals surface area contributed by atoms with Gasteiger partial charge >= 0.3 is 12.7 Å². The van der Waals surface area contributed by atoms with Gasteiger partial charge in [-0.3, -0.25) is 9.56 Å². The molecule has 6 nitrogen and oxygen atoms in total. The molecule has 2 N–H and O–H groups in total. The Balaban J connectivity index is 1.82. The molecule has 27 heavy (non-hydrogen) atoms. The summed E-state index contributed by atoms with van der Waals surface area (Å²) in [4.78, 5) is 7.82. The summed E-state index contributed by atoms with van der Waals surface area (Å²) in [7, 11) is 1.52. The molecule has 0 bridgehead atoms. The van der Waals surface area contributed by atoms with E-state index in [2.05, 4.69) is 25.3 Å². The van der Waals surface area contributed by atoms with Crippen LogP contribution in [0.4, 0.5) is 22.0 Å². The van der Waals surface area contributed by atoms with Gasteiger partial charge in [-0.05, 0) is 17.7 Å². The van der Waals surface area contributed by atoms with Crippen LogP contribution in [0.2, 0.25) is 0 Å². The van der Waals surface area contributed by atoms with Gasteiger partial charge in [0.2, 0.25) is 0 Å². The minimum atomic E-state index is -4.39. The summed E-state index contributed by atoms with van der Waals surface area (Å²) in [5.41, 5.74) is 0.770. The molecule has 0 amide bonds. The first-order chi connectivity index (χ1) is 12.8. The predicted molar refractivity (Wildman–Crippen MR) is 88.5 cm³/mol. The molecule has 0 atom stereocenters. The fourth-order valence-electron chi connectivity index (χ4n) is 2.10. The summed E-state index contributed by atoms with van der Waals surface area (Å²) in [6.45, 7) is -3.67. The fourth-order valence-corrected chi connectivity index (χ4v) is 2.10. The highest BCUT2D eigenvalue weighted by atomic mass is 19.4. The van der Waals surface area contributed by atoms with Gasteiger partial charge in [0.1, 0.15) is 11.6 Å². The van der Waals surface area contributed by atoms with Crippen molar-refractivity contribution in [2.24, 2.45) is 4.99 Å². The number of aliphatic imine (C=N–C) groups is 1. The van der Waals surface area contributed by atoms with Crippen molar-refractivity contribution >= 4 is 5.96 Å². The monoisotopic (exact) mass is 391 g/mol. The first-order valence-corrected chi connectivity index (χ1v) is 7.81. The zero-order chi connectivity index (χ0) is 19.9. The lowest BCUT2D eigenvalue weighted by Gasteiger charge is -2.13. The SMILES string of the molecule is CN=C(NCc1ccc(OCC(F)(F)F)cc1)NCc1nccn1C(F)F. The topological polar surface area (TPSA) is 63.5 Å². The second kappa shape index (κ2) is 9.19. The van der Waals surface area contributed by atoms with Gasteiger partial charge in [0.05, 0.1) is 6.54 Å². The number of nitrogens with one attached hydrogen (secondary N) is 2. The number of guanidine groups is 1. The van der Waals surface area contributed by atoms with Gasteiger partial charge in [-0.2, -0.15) is 22.0 Å². The van der Waals surface area contributed by atoms with Crippen molar-refractivity contribution in [3.05, 3.63) is 48.0 Å². The number of halogens is 5. The van der Waals surface area contributed by atoms with E-state index in [4.69, 9.17) is 0 Å². The zero-order valence-electron chi connectivity index (χ0n) is 14.3. The average Bonchev–Trinajstić information content (AvgIpc) is 3.09. The lowest BCUT2D eigenvalue weighted by molar-refractivity contribution is -0.153. The van der Waals surface area contributed by atoms with Crippen LogP contribution in [-0.4, -0.2) is 35.3 Å². The number of nitrogens with zero attached hydrogens (tertiary/aromatic N) is 3. The van der Waals surface area contributed by atoms with Crippen molar-refractivity contribution in [3.63, 3.8) is 0 Å². The van der Waals surface area contributed by atoms with Crippen LogP contribution >= 0.6 is 0 Å². The molecule has 0 fully saturated rings. The number of alkyl halides is 5. The molecular formula is C16H18F5N5O. The van der Waals surface area contributed by atoms with Gasteiger partial charge in [-0.25, -0.2) is 4.98 Å². The number of ether oxygens (including phenoxy) is 1. The van der Waals surface area contributed by atoms with E-state index in [0.29, 0.717) is 12.5 Å². The molecule has 0 aliphatic heterocycles. The number of rotatable bonds is 7. The minimum Gasteiger partial charge on any atom is -0.484 e. The minimum absolute atomic E-state index is 0.0429. The first kappa shape index (κ1) is 20.5. The molecular weight excluding hydrogens is 373 g/mol. The molecule has 148 valence electrons. The summed E-state index contributed by atoms with van der Waals surface area (Å²) in [5.74, 6) is 0.618. The highest BCUT2D eigenvalue weighted by molar-refractivity contribution is 5.79. The van der Waals surface area contributed by atoms with Gasteiger partial charge in [0.25, 0.3) is 0 Å². The standard InChI is InChI=1S/C16H18F5N5O/c1-22-15(25-9-13-23-6-7-26(13)14(17)18)24-8-11-2-4-12(5-3-11)27-10-16(19,20)21/h2-7,14H,8-10H2,1H3,(H2,22,24,25). The van der Waals surface area contributed by atoms with Crippen molar-refractivity contribution in [2.45, 2.75) is 25.8 Å². The molecule has 1 aromatic heterocycles. The first-order valence-electron chi connectivity index (χ1n) is 7.81. The summed E-state index contributed by atoms with van der Waals surface area (Å²) < 4.78 is 67.2. The number of hydrogen-bond acceptors (Lipinski definition) is 3. The molecule has 2 aromatic rings. The smallest absolute Gasteiger partial charge is 0.422 e. The van der Waals surface area contributed by atoms with Crippen LogP contribution in [0.3, 0.4) is 0 Å². The number of imidazole rings is 1. The van der Waals surface area contributed by atoms with E-state index in [1.807, 2.05) is 0 Å². The Morgan fingerprint density at radius 1 is 1.19 bits per heavy atom. The Hall–Kier alpha value is -2.85. The third kappa shape index (κ3) is 6.76. The highest BCUT2D eigenvalue weighted by Gasteiger charge is 2.28. The summed E-state index contributed by atoms with van der Waals surface area (Å²) >= 11 is 0. The Morgan fingerprint density at radius 2 is 1.85 bits per heavy atom. The van der Waals surface area contributed by atoms with Crippen molar-refractivity contribution in [2.75, 3.05) is 13.7 Å². The van der Waals surface area contributed by atoms with Gasteiger partial charge < -0.3 is 15.4 Å².